The number of hydrogen-bond acceptors (Lipinski definition) is 5. The molecule has 0 aliphatic carbocycles. The molecule has 3 heterocycles. The van der Waals surface area contributed by atoms with Gasteiger partial charge in [-0.2, -0.15) is 0 Å². The lowest BCUT2D eigenvalue weighted by molar-refractivity contribution is -0.117. The fraction of sp³-hybridized carbons (Fsp3) is 0.227. The second-order valence-corrected chi connectivity index (χ2v) is 7.96. The van der Waals surface area contributed by atoms with Gasteiger partial charge in [0.05, 0.1) is 12.0 Å². The molecule has 7 heteroatoms. The molecule has 0 spiro atoms. The first-order chi connectivity index (χ1) is 13.9. The summed E-state index contributed by atoms with van der Waals surface area (Å²) in [4.78, 5) is 38.5. The van der Waals surface area contributed by atoms with Crippen molar-refractivity contribution in [3.63, 3.8) is 0 Å². The van der Waals surface area contributed by atoms with E-state index in [1.54, 1.807) is 36.2 Å². The van der Waals surface area contributed by atoms with Gasteiger partial charge in [0.1, 0.15) is 5.00 Å². The van der Waals surface area contributed by atoms with Crippen LogP contribution in [-0.4, -0.2) is 35.9 Å². The lowest BCUT2D eigenvalue weighted by Gasteiger charge is -2.11. The number of ketones is 1. The normalized spacial score (nSPS) is 12.9. The van der Waals surface area contributed by atoms with Crippen molar-refractivity contribution in [2.24, 2.45) is 0 Å². The number of carbonyl (C=O) groups is 3. The Kier molecular flexibility index (Phi) is 4.84. The first-order valence-corrected chi connectivity index (χ1v) is 10.1. The van der Waals surface area contributed by atoms with Gasteiger partial charge in [-0.3, -0.25) is 9.59 Å². The molecule has 0 N–H and O–H groups in total. The monoisotopic (exact) mass is 408 g/mol. The highest BCUT2D eigenvalue weighted by Crippen LogP contribution is 2.29. The van der Waals surface area contributed by atoms with Crippen LogP contribution < -0.4 is 4.90 Å². The number of amides is 1. The number of ether oxygens (including phenoxy) is 1. The molecule has 1 aliphatic rings. The van der Waals surface area contributed by atoms with E-state index in [2.05, 4.69) is 0 Å². The maximum atomic E-state index is 12.6. The fourth-order valence-electron chi connectivity index (χ4n) is 3.55. The second kappa shape index (κ2) is 7.33. The zero-order chi connectivity index (χ0) is 20.7. The summed E-state index contributed by atoms with van der Waals surface area (Å²) in [7, 11) is 1.71. The van der Waals surface area contributed by atoms with Crippen molar-refractivity contribution < 1.29 is 19.1 Å². The van der Waals surface area contributed by atoms with Crippen molar-refractivity contribution in [2.45, 2.75) is 20.3 Å². The van der Waals surface area contributed by atoms with Crippen LogP contribution in [0.3, 0.4) is 0 Å². The molecule has 29 heavy (non-hydrogen) atoms. The van der Waals surface area contributed by atoms with Crippen LogP contribution in [0.1, 0.15) is 37.7 Å². The van der Waals surface area contributed by atoms with Crippen LogP contribution in [-0.2, 0) is 16.0 Å². The third kappa shape index (κ3) is 3.38. The number of rotatable bonds is 5. The Morgan fingerprint density at radius 3 is 2.55 bits per heavy atom. The van der Waals surface area contributed by atoms with Crippen LogP contribution in [0.5, 0.6) is 0 Å². The van der Waals surface area contributed by atoms with E-state index in [1.165, 1.54) is 11.3 Å². The van der Waals surface area contributed by atoms with Gasteiger partial charge in [0.25, 0.3) is 0 Å². The van der Waals surface area contributed by atoms with Crippen molar-refractivity contribution in [3.8, 4) is 5.00 Å². The number of hydrogen-bond donors (Lipinski definition) is 0. The van der Waals surface area contributed by atoms with Crippen molar-refractivity contribution in [3.05, 3.63) is 69.9 Å². The molecular formula is C22H20N2O4S. The minimum Gasteiger partial charge on any atom is -0.454 e. The van der Waals surface area contributed by atoms with Gasteiger partial charge in [0.2, 0.25) is 5.91 Å². The van der Waals surface area contributed by atoms with E-state index in [0.29, 0.717) is 11.1 Å². The molecular weight excluding hydrogens is 388 g/mol. The molecule has 1 aliphatic heterocycles. The largest absolute Gasteiger partial charge is 0.454 e. The molecule has 148 valence electrons. The highest BCUT2D eigenvalue weighted by molar-refractivity contribution is 7.13. The van der Waals surface area contributed by atoms with Gasteiger partial charge in [-0.15, -0.1) is 11.3 Å². The van der Waals surface area contributed by atoms with Gasteiger partial charge in [-0.25, -0.2) is 4.79 Å². The van der Waals surface area contributed by atoms with Gasteiger partial charge >= 0.3 is 5.97 Å². The predicted octanol–water partition coefficient (Wildman–Crippen LogP) is 3.71. The number of Topliss-reactive ketones (excluding diaryl/α,β-unsaturated/α-hetero) is 1. The molecule has 0 saturated carbocycles. The lowest BCUT2D eigenvalue weighted by Crippen LogP contribution is -2.20. The second-order valence-electron chi connectivity index (χ2n) is 7.06. The number of aromatic nitrogens is 1. The molecule has 0 bridgehead atoms. The number of esters is 1. The van der Waals surface area contributed by atoms with E-state index >= 15 is 0 Å². The van der Waals surface area contributed by atoms with E-state index in [0.717, 1.165) is 27.6 Å². The van der Waals surface area contributed by atoms with Crippen LogP contribution in [0.25, 0.3) is 5.00 Å². The maximum absolute atomic E-state index is 12.6. The Hall–Kier alpha value is -3.19. The standard InChI is InChI=1S/C22H20N2O4S/c1-13-4-5-14(2)24(13)21-17(8-9-29-21)22(27)28-12-19(25)15-6-7-18-16(10-15)11-20(26)23(18)3/h4-10H,11-12H2,1-3H3. The van der Waals surface area contributed by atoms with Gasteiger partial charge < -0.3 is 14.2 Å². The predicted molar refractivity (Wildman–Crippen MR) is 111 cm³/mol. The summed E-state index contributed by atoms with van der Waals surface area (Å²) < 4.78 is 7.31. The fourth-order valence-corrected chi connectivity index (χ4v) is 4.56. The number of thiophene rings is 1. The molecule has 2 aromatic heterocycles. The summed E-state index contributed by atoms with van der Waals surface area (Å²) >= 11 is 1.45. The van der Waals surface area contributed by atoms with Crippen molar-refractivity contribution in [1.82, 2.24) is 4.57 Å². The van der Waals surface area contributed by atoms with Crippen LogP contribution in [0.4, 0.5) is 5.69 Å². The molecule has 6 nitrogen and oxygen atoms in total. The molecule has 0 fully saturated rings. The number of likely N-dealkylation sites (N-methyl/N-ethyl adjacent to an activating group) is 1. The Morgan fingerprint density at radius 1 is 1.10 bits per heavy atom. The van der Waals surface area contributed by atoms with Gasteiger partial charge in [0.15, 0.2) is 12.4 Å². The van der Waals surface area contributed by atoms with Crippen LogP contribution in [0.15, 0.2) is 41.8 Å². The highest BCUT2D eigenvalue weighted by atomic mass is 32.1. The van der Waals surface area contributed by atoms with Crippen molar-refractivity contribution in [2.75, 3.05) is 18.6 Å². The van der Waals surface area contributed by atoms with E-state index in [9.17, 15) is 14.4 Å². The molecule has 0 atom stereocenters. The zero-order valence-corrected chi connectivity index (χ0v) is 17.2. The topological polar surface area (TPSA) is 68.6 Å². The van der Waals surface area contributed by atoms with E-state index in [4.69, 9.17) is 4.74 Å². The molecule has 0 saturated heterocycles. The van der Waals surface area contributed by atoms with Gasteiger partial charge in [0, 0.05) is 29.7 Å². The molecule has 1 aromatic carbocycles. The summed E-state index contributed by atoms with van der Waals surface area (Å²) in [6.45, 7) is 3.60. The number of benzene rings is 1. The Balaban J connectivity index is 1.48. The third-order valence-corrected chi connectivity index (χ3v) is 6.05. The highest BCUT2D eigenvalue weighted by Gasteiger charge is 2.25. The number of fused-ring (bicyclic) bond motifs is 1. The van der Waals surface area contributed by atoms with E-state index < -0.39 is 5.97 Å². The summed E-state index contributed by atoms with van der Waals surface area (Å²) in [5.74, 6) is -0.831. The summed E-state index contributed by atoms with van der Waals surface area (Å²) in [6, 6.07) is 10.8. The average molecular weight is 408 g/mol. The Bertz CT molecular complexity index is 1120. The summed E-state index contributed by atoms with van der Waals surface area (Å²) in [6.07, 6.45) is 0.278. The van der Waals surface area contributed by atoms with E-state index in [1.807, 2.05) is 35.9 Å². The zero-order valence-electron chi connectivity index (χ0n) is 16.4. The molecule has 0 unspecified atom stereocenters. The van der Waals surface area contributed by atoms with E-state index in [-0.39, 0.29) is 24.7 Å². The minimum atomic E-state index is -0.529. The molecule has 4 rings (SSSR count). The van der Waals surface area contributed by atoms with Gasteiger partial charge in [-0.05, 0) is 61.2 Å². The number of nitrogens with zero attached hydrogens (tertiary/aromatic N) is 2. The third-order valence-electron chi connectivity index (χ3n) is 5.15. The Morgan fingerprint density at radius 2 is 1.83 bits per heavy atom. The number of carbonyl (C=O) groups excluding carboxylic acids is 3. The molecule has 1 amide bonds. The summed E-state index contributed by atoms with van der Waals surface area (Å²) in [5, 5.41) is 2.61. The maximum Gasteiger partial charge on any atom is 0.341 e. The Labute approximate surface area is 172 Å². The first kappa shape index (κ1) is 19.1. The van der Waals surface area contributed by atoms with Crippen LogP contribution in [0.2, 0.25) is 0 Å². The van der Waals surface area contributed by atoms with Crippen LogP contribution in [0, 0.1) is 13.8 Å². The lowest BCUT2D eigenvalue weighted by atomic mass is 10.1. The number of aryl methyl sites for hydroxylation is 2. The summed E-state index contributed by atoms with van der Waals surface area (Å²) in [5.41, 5.74) is 4.53. The smallest absolute Gasteiger partial charge is 0.341 e. The van der Waals surface area contributed by atoms with Gasteiger partial charge in [-0.1, -0.05) is 0 Å². The quantitative estimate of drug-likeness (QED) is 0.477. The van der Waals surface area contributed by atoms with Crippen molar-refractivity contribution in [1.29, 1.82) is 0 Å². The SMILES string of the molecule is Cc1ccc(C)n1-c1sccc1C(=O)OCC(=O)c1ccc2c(c1)CC(=O)N2C. The number of anilines is 1. The van der Waals surface area contributed by atoms with Crippen molar-refractivity contribution >= 4 is 34.7 Å². The average Bonchev–Trinajstić information content (AvgIpc) is 3.38. The molecule has 3 aromatic rings. The first-order valence-electron chi connectivity index (χ1n) is 9.19. The van der Waals surface area contributed by atoms with Crippen LogP contribution >= 0.6 is 11.3 Å². The minimum absolute atomic E-state index is 0.00314. The molecule has 0 radical (unpaired) electrons.